The SMILES string of the molecule is Nc1cccc(C(=O)N(CC2CCCO2)C2CCCC2)c1. The van der Waals surface area contributed by atoms with Gasteiger partial charge in [-0.3, -0.25) is 4.79 Å². The van der Waals surface area contributed by atoms with E-state index in [0.717, 1.165) is 38.8 Å². The first kappa shape index (κ1) is 14.4. The lowest BCUT2D eigenvalue weighted by Crippen LogP contribution is -2.43. The zero-order valence-electron chi connectivity index (χ0n) is 12.5. The minimum absolute atomic E-state index is 0.102. The number of ether oxygens (including phenoxy) is 1. The largest absolute Gasteiger partial charge is 0.399 e. The third kappa shape index (κ3) is 3.38. The molecule has 1 heterocycles. The highest BCUT2D eigenvalue weighted by Gasteiger charge is 2.30. The normalized spacial score (nSPS) is 22.6. The second-order valence-electron chi connectivity index (χ2n) is 6.16. The van der Waals surface area contributed by atoms with E-state index in [0.29, 0.717) is 17.3 Å². The summed E-state index contributed by atoms with van der Waals surface area (Å²) in [4.78, 5) is 14.9. The first-order valence-corrected chi connectivity index (χ1v) is 8.02. The third-order valence-electron chi connectivity index (χ3n) is 4.58. The molecule has 2 fully saturated rings. The van der Waals surface area contributed by atoms with Crippen molar-refractivity contribution in [3.05, 3.63) is 29.8 Å². The smallest absolute Gasteiger partial charge is 0.254 e. The molecule has 1 atom stereocenters. The highest BCUT2D eigenvalue weighted by Crippen LogP contribution is 2.27. The van der Waals surface area contributed by atoms with Crippen LogP contribution in [0.15, 0.2) is 24.3 Å². The summed E-state index contributed by atoms with van der Waals surface area (Å²) < 4.78 is 5.73. The predicted molar refractivity (Wildman–Crippen MR) is 83.1 cm³/mol. The number of nitrogens with two attached hydrogens (primary N) is 1. The number of rotatable bonds is 4. The lowest BCUT2D eigenvalue weighted by Gasteiger charge is -2.31. The molecule has 0 aromatic heterocycles. The minimum Gasteiger partial charge on any atom is -0.399 e. The number of anilines is 1. The molecule has 1 saturated carbocycles. The van der Waals surface area contributed by atoms with Gasteiger partial charge in [0.05, 0.1) is 6.10 Å². The summed E-state index contributed by atoms with van der Waals surface area (Å²) >= 11 is 0. The molecule has 1 aromatic carbocycles. The van der Waals surface area contributed by atoms with Crippen LogP contribution in [0, 0.1) is 0 Å². The van der Waals surface area contributed by atoms with E-state index in [1.165, 1.54) is 12.8 Å². The Kier molecular flexibility index (Phi) is 4.44. The van der Waals surface area contributed by atoms with Crippen LogP contribution in [0.3, 0.4) is 0 Å². The molecule has 1 amide bonds. The molecule has 3 rings (SSSR count). The van der Waals surface area contributed by atoms with Crippen LogP contribution < -0.4 is 5.73 Å². The van der Waals surface area contributed by atoms with Crippen molar-refractivity contribution in [2.24, 2.45) is 0 Å². The number of nitrogens with zero attached hydrogens (tertiary/aromatic N) is 1. The number of benzene rings is 1. The Bertz CT molecular complexity index is 491. The van der Waals surface area contributed by atoms with E-state index < -0.39 is 0 Å². The van der Waals surface area contributed by atoms with E-state index in [1.54, 1.807) is 6.07 Å². The number of hydrogen-bond donors (Lipinski definition) is 1. The first-order chi connectivity index (χ1) is 10.2. The molecule has 0 radical (unpaired) electrons. The maximum Gasteiger partial charge on any atom is 0.254 e. The van der Waals surface area contributed by atoms with Crippen LogP contribution in [0.4, 0.5) is 5.69 Å². The van der Waals surface area contributed by atoms with Gasteiger partial charge in [0.25, 0.3) is 5.91 Å². The van der Waals surface area contributed by atoms with Gasteiger partial charge in [-0.1, -0.05) is 18.9 Å². The topological polar surface area (TPSA) is 55.6 Å². The zero-order valence-corrected chi connectivity index (χ0v) is 12.5. The van der Waals surface area contributed by atoms with E-state index >= 15 is 0 Å². The summed E-state index contributed by atoms with van der Waals surface area (Å²) in [7, 11) is 0. The molecule has 1 aromatic rings. The van der Waals surface area contributed by atoms with Crippen LogP contribution in [-0.2, 0) is 4.74 Å². The Hall–Kier alpha value is -1.55. The molecule has 2 aliphatic rings. The summed E-state index contributed by atoms with van der Waals surface area (Å²) in [6, 6.07) is 7.66. The van der Waals surface area contributed by atoms with Gasteiger partial charge in [-0.2, -0.15) is 0 Å². The van der Waals surface area contributed by atoms with Crippen molar-refractivity contribution >= 4 is 11.6 Å². The van der Waals surface area contributed by atoms with Crippen molar-refractivity contribution < 1.29 is 9.53 Å². The predicted octanol–water partition coefficient (Wildman–Crippen LogP) is 2.83. The van der Waals surface area contributed by atoms with Crippen LogP contribution in [0.1, 0.15) is 48.9 Å². The maximum atomic E-state index is 12.9. The Morgan fingerprint density at radius 2 is 2.05 bits per heavy atom. The average Bonchev–Trinajstić information content (AvgIpc) is 3.17. The van der Waals surface area contributed by atoms with E-state index in [9.17, 15) is 4.79 Å². The molecule has 1 aliphatic carbocycles. The molecule has 21 heavy (non-hydrogen) atoms. The van der Waals surface area contributed by atoms with Gasteiger partial charge in [-0.05, 0) is 43.9 Å². The van der Waals surface area contributed by atoms with Crippen molar-refractivity contribution in [3.63, 3.8) is 0 Å². The molecule has 0 bridgehead atoms. The molecular weight excluding hydrogens is 264 g/mol. The molecular formula is C17H24N2O2. The second kappa shape index (κ2) is 6.48. The van der Waals surface area contributed by atoms with Gasteiger partial charge in [-0.25, -0.2) is 0 Å². The second-order valence-corrected chi connectivity index (χ2v) is 6.16. The van der Waals surface area contributed by atoms with E-state index in [4.69, 9.17) is 10.5 Å². The van der Waals surface area contributed by atoms with Gasteiger partial charge in [0.1, 0.15) is 0 Å². The number of carbonyl (C=O) groups excluding carboxylic acids is 1. The third-order valence-corrected chi connectivity index (χ3v) is 4.58. The summed E-state index contributed by atoms with van der Waals surface area (Å²) in [5.74, 6) is 0.102. The highest BCUT2D eigenvalue weighted by molar-refractivity contribution is 5.95. The molecule has 1 aliphatic heterocycles. The lowest BCUT2D eigenvalue weighted by molar-refractivity contribution is 0.0421. The fourth-order valence-electron chi connectivity index (χ4n) is 3.46. The molecule has 4 heteroatoms. The molecule has 1 saturated heterocycles. The number of hydrogen-bond acceptors (Lipinski definition) is 3. The van der Waals surface area contributed by atoms with Gasteiger partial charge in [0.15, 0.2) is 0 Å². The van der Waals surface area contributed by atoms with Gasteiger partial charge in [0.2, 0.25) is 0 Å². The highest BCUT2D eigenvalue weighted by atomic mass is 16.5. The fraction of sp³-hybridized carbons (Fsp3) is 0.588. The molecule has 1 unspecified atom stereocenters. The van der Waals surface area contributed by atoms with E-state index in [2.05, 4.69) is 0 Å². The van der Waals surface area contributed by atoms with Gasteiger partial charge < -0.3 is 15.4 Å². The Morgan fingerprint density at radius 3 is 2.71 bits per heavy atom. The van der Waals surface area contributed by atoms with Crippen molar-refractivity contribution in [3.8, 4) is 0 Å². The van der Waals surface area contributed by atoms with Crippen molar-refractivity contribution in [2.75, 3.05) is 18.9 Å². The molecule has 114 valence electrons. The van der Waals surface area contributed by atoms with Crippen LogP contribution in [0.5, 0.6) is 0 Å². The van der Waals surface area contributed by atoms with Gasteiger partial charge >= 0.3 is 0 Å². The van der Waals surface area contributed by atoms with Crippen molar-refractivity contribution in [1.29, 1.82) is 0 Å². The standard InChI is InChI=1S/C17H24N2O2/c18-14-6-3-5-13(11-14)17(20)19(15-7-1-2-8-15)12-16-9-4-10-21-16/h3,5-6,11,15-16H,1-2,4,7-10,12,18H2. The number of carbonyl (C=O) groups is 1. The first-order valence-electron chi connectivity index (χ1n) is 8.02. The summed E-state index contributed by atoms with van der Waals surface area (Å²) in [6.45, 7) is 1.55. The van der Waals surface area contributed by atoms with Gasteiger partial charge in [0, 0.05) is 30.4 Å². The van der Waals surface area contributed by atoms with Crippen LogP contribution in [-0.4, -0.2) is 36.1 Å². The van der Waals surface area contributed by atoms with E-state index in [-0.39, 0.29) is 12.0 Å². The van der Waals surface area contributed by atoms with Crippen LogP contribution >= 0.6 is 0 Å². The van der Waals surface area contributed by atoms with E-state index in [1.807, 2.05) is 23.1 Å². The number of nitrogen functional groups attached to an aromatic ring is 1. The summed E-state index contributed by atoms with van der Waals surface area (Å²) in [5, 5.41) is 0. The molecule has 2 N–H and O–H groups in total. The van der Waals surface area contributed by atoms with Crippen molar-refractivity contribution in [2.45, 2.75) is 50.7 Å². The van der Waals surface area contributed by atoms with Crippen LogP contribution in [0.25, 0.3) is 0 Å². The molecule has 0 spiro atoms. The molecule has 4 nitrogen and oxygen atoms in total. The Morgan fingerprint density at radius 1 is 1.24 bits per heavy atom. The fourth-order valence-corrected chi connectivity index (χ4v) is 3.46. The summed E-state index contributed by atoms with van der Waals surface area (Å²) in [5.41, 5.74) is 7.16. The lowest BCUT2D eigenvalue weighted by atomic mass is 10.1. The Labute approximate surface area is 126 Å². The van der Waals surface area contributed by atoms with Crippen molar-refractivity contribution in [1.82, 2.24) is 4.90 Å². The average molecular weight is 288 g/mol. The Balaban J connectivity index is 1.77. The van der Waals surface area contributed by atoms with Crippen LogP contribution in [0.2, 0.25) is 0 Å². The van der Waals surface area contributed by atoms with Gasteiger partial charge in [-0.15, -0.1) is 0 Å². The monoisotopic (exact) mass is 288 g/mol. The maximum absolute atomic E-state index is 12.9. The summed E-state index contributed by atoms with van der Waals surface area (Å²) in [6.07, 6.45) is 7.04. The minimum atomic E-state index is 0.102. The zero-order chi connectivity index (χ0) is 14.7. The quantitative estimate of drug-likeness (QED) is 0.867. The number of amides is 1.